The summed E-state index contributed by atoms with van der Waals surface area (Å²) in [5.41, 5.74) is 0. The molecule has 0 aromatic heterocycles. The predicted molar refractivity (Wildman–Crippen MR) is 80.6 cm³/mol. The van der Waals surface area contributed by atoms with E-state index >= 15 is 0 Å². The van der Waals surface area contributed by atoms with Crippen LogP contribution in [0.2, 0.25) is 0 Å². The van der Waals surface area contributed by atoms with Crippen LogP contribution in [0.3, 0.4) is 0 Å². The van der Waals surface area contributed by atoms with E-state index in [2.05, 4.69) is 11.3 Å². The minimum absolute atomic E-state index is 0.0508. The minimum Gasteiger partial charge on any atom is -0.423 e. The van der Waals surface area contributed by atoms with E-state index in [1.54, 1.807) is 37.3 Å². The molecular formula is C15H15NO4S. The van der Waals surface area contributed by atoms with Crippen LogP contribution in [0.5, 0.6) is 5.75 Å². The highest BCUT2D eigenvalue weighted by Crippen LogP contribution is 2.29. The van der Waals surface area contributed by atoms with Gasteiger partial charge < -0.3 is 4.74 Å². The van der Waals surface area contributed by atoms with Gasteiger partial charge in [0.25, 0.3) is 0 Å². The van der Waals surface area contributed by atoms with E-state index in [1.807, 2.05) is 0 Å². The van der Waals surface area contributed by atoms with Crippen LogP contribution >= 0.6 is 0 Å². The number of carbonyl (C=O) groups is 1. The standard InChI is InChI=1S/C15H15NO4S/c1-3-15(17)20-14-10-12(21(18,19)16-4-2)9-11-7-5-6-8-13(11)14/h3,5-10,16H,1,4H2,2H3. The molecule has 0 amide bonds. The zero-order chi connectivity index (χ0) is 15.5. The topological polar surface area (TPSA) is 72.5 Å². The molecule has 2 aromatic rings. The van der Waals surface area contributed by atoms with Crippen LogP contribution < -0.4 is 9.46 Å². The molecule has 0 saturated carbocycles. The van der Waals surface area contributed by atoms with Gasteiger partial charge in [-0.1, -0.05) is 37.8 Å². The Bertz CT molecular complexity index is 796. The molecule has 110 valence electrons. The first-order chi connectivity index (χ1) is 9.97. The van der Waals surface area contributed by atoms with Gasteiger partial charge in [0.05, 0.1) is 4.90 Å². The monoisotopic (exact) mass is 305 g/mol. The molecule has 0 heterocycles. The fraction of sp³-hybridized carbons (Fsp3) is 0.133. The van der Waals surface area contributed by atoms with E-state index < -0.39 is 16.0 Å². The number of rotatable bonds is 5. The Labute approximate surface area is 123 Å². The van der Waals surface area contributed by atoms with E-state index in [1.165, 1.54) is 6.07 Å². The Kier molecular flexibility index (Phi) is 4.40. The van der Waals surface area contributed by atoms with Gasteiger partial charge in [-0.2, -0.15) is 0 Å². The van der Waals surface area contributed by atoms with Crippen molar-refractivity contribution in [1.82, 2.24) is 4.72 Å². The molecule has 0 radical (unpaired) electrons. The minimum atomic E-state index is -3.63. The maximum atomic E-state index is 12.1. The fourth-order valence-corrected chi connectivity index (χ4v) is 3.00. The van der Waals surface area contributed by atoms with E-state index in [9.17, 15) is 13.2 Å². The lowest BCUT2D eigenvalue weighted by atomic mass is 10.1. The molecule has 0 aliphatic rings. The van der Waals surface area contributed by atoms with Gasteiger partial charge >= 0.3 is 5.97 Å². The van der Waals surface area contributed by atoms with Crippen molar-refractivity contribution >= 4 is 26.8 Å². The third-order valence-corrected chi connectivity index (χ3v) is 4.34. The maximum absolute atomic E-state index is 12.1. The first kappa shape index (κ1) is 15.2. The molecule has 0 saturated heterocycles. The largest absolute Gasteiger partial charge is 0.423 e. The molecule has 2 rings (SSSR count). The highest BCUT2D eigenvalue weighted by Gasteiger charge is 2.17. The second-order valence-corrected chi connectivity index (χ2v) is 6.04. The molecule has 0 unspecified atom stereocenters. The summed E-state index contributed by atoms with van der Waals surface area (Å²) in [5.74, 6) is -0.451. The molecule has 0 spiro atoms. The van der Waals surface area contributed by atoms with Gasteiger partial charge in [-0.05, 0) is 11.5 Å². The third kappa shape index (κ3) is 3.29. The lowest BCUT2D eigenvalue weighted by molar-refractivity contribution is -0.128. The summed E-state index contributed by atoms with van der Waals surface area (Å²) in [5, 5.41) is 1.33. The SMILES string of the molecule is C=CC(=O)Oc1cc(S(=O)(=O)NCC)cc2ccccc12. The van der Waals surface area contributed by atoms with Crippen LogP contribution in [0.4, 0.5) is 0 Å². The highest BCUT2D eigenvalue weighted by atomic mass is 32.2. The fourth-order valence-electron chi connectivity index (χ4n) is 1.91. The van der Waals surface area contributed by atoms with E-state index in [0.717, 1.165) is 6.08 Å². The van der Waals surface area contributed by atoms with Crippen LogP contribution in [-0.2, 0) is 14.8 Å². The van der Waals surface area contributed by atoms with Gasteiger partial charge in [0.1, 0.15) is 5.75 Å². The van der Waals surface area contributed by atoms with Crippen molar-refractivity contribution < 1.29 is 17.9 Å². The zero-order valence-electron chi connectivity index (χ0n) is 11.5. The van der Waals surface area contributed by atoms with Crippen LogP contribution in [0.15, 0.2) is 53.9 Å². The summed E-state index contributed by atoms with van der Waals surface area (Å²) < 4.78 is 31.8. The van der Waals surface area contributed by atoms with Crippen molar-refractivity contribution in [2.24, 2.45) is 0 Å². The second kappa shape index (κ2) is 6.07. The molecule has 0 atom stereocenters. The third-order valence-electron chi connectivity index (χ3n) is 2.82. The number of nitrogens with one attached hydrogen (secondary N) is 1. The predicted octanol–water partition coefficient (Wildman–Crippen LogP) is 2.23. The van der Waals surface area contributed by atoms with E-state index in [4.69, 9.17) is 4.74 Å². The molecule has 2 aromatic carbocycles. The van der Waals surface area contributed by atoms with Gasteiger partial charge in [-0.3, -0.25) is 0 Å². The number of carbonyl (C=O) groups excluding carboxylic acids is 1. The van der Waals surface area contributed by atoms with Crippen molar-refractivity contribution in [3.63, 3.8) is 0 Å². The van der Waals surface area contributed by atoms with E-state index in [0.29, 0.717) is 10.8 Å². The molecule has 1 N–H and O–H groups in total. The first-order valence-electron chi connectivity index (χ1n) is 6.34. The normalized spacial score (nSPS) is 11.3. The van der Waals surface area contributed by atoms with Gasteiger partial charge in [-0.15, -0.1) is 0 Å². The quantitative estimate of drug-likeness (QED) is 0.522. The summed E-state index contributed by atoms with van der Waals surface area (Å²) in [6, 6.07) is 9.95. The van der Waals surface area contributed by atoms with Gasteiger partial charge in [0.15, 0.2) is 0 Å². The van der Waals surface area contributed by atoms with Crippen LogP contribution in [0, 0.1) is 0 Å². The maximum Gasteiger partial charge on any atom is 0.335 e. The first-order valence-corrected chi connectivity index (χ1v) is 7.83. The number of esters is 1. The summed E-state index contributed by atoms with van der Waals surface area (Å²) in [6.07, 6.45) is 1.03. The van der Waals surface area contributed by atoms with Crippen LogP contribution in [-0.4, -0.2) is 20.9 Å². The Balaban J connectivity index is 2.65. The summed E-state index contributed by atoms with van der Waals surface area (Å²) in [4.78, 5) is 11.5. The Hall–Kier alpha value is -2.18. The van der Waals surface area contributed by atoms with Crippen LogP contribution in [0.25, 0.3) is 10.8 Å². The molecule has 6 heteroatoms. The van der Waals surface area contributed by atoms with Crippen molar-refractivity contribution in [2.45, 2.75) is 11.8 Å². The number of ether oxygens (including phenoxy) is 1. The van der Waals surface area contributed by atoms with Gasteiger partial charge in [0.2, 0.25) is 10.0 Å². The summed E-state index contributed by atoms with van der Waals surface area (Å²) in [6.45, 7) is 5.30. The van der Waals surface area contributed by atoms with Crippen molar-refractivity contribution in [2.75, 3.05) is 6.54 Å². The van der Waals surface area contributed by atoms with Crippen LogP contribution in [0.1, 0.15) is 6.92 Å². The van der Waals surface area contributed by atoms with Gasteiger partial charge in [-0.25, -0.2) is 17.9 Å². The van der Waals surface area contributed by atoms with E-state index in [-0.39, 0.29) is 17.2 Å². The molecule has 0 bridgehead atoms. The molecule has 5 nitrogen and oxygen atoms in total. The molecule has 21 heavy (non-hydrogen) atoms. The Morgan fingerprint density at radius 3 is 2.71 bits per heavy atom. The van der Waals surface area contributed by atoms with Crippen molar-refractivity contribution in [1.29, 1.82) is 0 Å². The molecule has 0 fully saturated rings. The zero-order valence-corrected chi connectivity index (χ0v) is 12.3. The Morgan fingerprint density at radius 2 is 2.05 bits per heavy atom. The second-order valence-electron chi connectivity index (χ2n) is 4.27. The lowest BCUT2D eigenvalue weighted by Crippen LogP contribution is -2.23. The molecule has 0 aliphatic heterocycles. The highest BCUT2D eigenvalue weighted by molar-refractivity contribution is 7.89. The Morgan fingerprint density at radius 1 is 1.33 bits per heavy atom. The number of fused-ring (bicyclic) bond motifs is 1. The number of hydrogen-bond donors (Lipinski definition) is 1. The summed E-state index contributed by atoms with van der Waals surface area (Å²) in [7, 11) is -3.63. The van der Waals surface area contributed by atoms with Crippen molar-refractivity contribution in [3.05, 3.63) is 49.1 Å². The lowest BCUT2D eigenvalue weighted by Gasteiger charge is -2.10. The number of sulfonamides is 1. The molecular weight excluding hydrogens is 290 g/mol. The summed E-state index contributed by atoms with van der Waals surface area (Å²) >= 11 is 0. The number of hydrogen-bond acceptors (Lipinski definition) is 4. The van der Waals surface area contributed by atoms with Gasteiger partial charge in [0, 0.05) is 24.1 Å². The number of benzene rings is 2. The average Bonchev–Trinajstić information content (AvgIpc) is 2.47. The average molecular weight is 305 g/mol. The smallest absolute Gasteiger partial charge is 0.335 e. The van der Waals surface area contributed by atoms with Crippen molar-refractivity contribution in [3.8, 4) is 5.75 Å². The molecule has 0 aliphatic carbocycles.